The van der Waals surface area contributed by atoms with Gasteiger partial charge in [-0.15, -0.1) is 11.8 Å². The lowest BCUT2D eigenvalue weighted by Gasteiger charge is -2.18. The molecule has 0 saturated heterocycles. The van der Waals surface area contributed by atoms with Crippen LogP contribution in [0.3, 0.4) is 0 Å². The fraction of sp³-hybridized carbons (Fsp3) is 0.316. The number of carbonyl (C=O) groups is 1. The number of benzene rings is 2. The van der Waals surface area contributed by atoms with Crippen molar-refractivity contribution in [2.45, 2.75) is 24.8 Å². The molecule has 0 aliphatic heterocycles. The Morgan fingerprint density at radius 2 is 1.83 bits per heavy atom. The van der Waals surface area contributed by atoms with E-state index in [0.717, 1.165) is 23.3 Å². The first-order chi connectivity index (χ1) is 11.1. The summed E-state index contributed by atoms with van der Waals surface area (Å²) in [5, 5.41) is 0. The van der Waals surface area contributed by atoms with Crippen LogP contribution >= 0.6 is 11.8 Å². The second-order valence-corrected chi connectivity index (χ2v) is 6.23. The fourth-order valence-electron chi connectivity index (χ4n) is 2.28. The van der Waals surface area contributed by atoms with Gasteiger partial charge >= 0.3 is 0 Å². The van der Waals surface area contributed by atoms with Crippen molar-refractivity contribution in [1.82, 2.24) is 4.90 Å². The number of hydrogen-bond donors (Lipinski definition) is 0. The van der Waals surface area contributed by atoms with Crippen LogP contribution in [0.1, 0.15) is 18.1 Å². The number of para-hydroxylation sites is 1. The molecule has 4 heteroatoms. The van der Waals surface area contributed by atoms with Gasteiger partial charge in [-0.25, -0.2) is 0 Å². The first kappa shape index (κ1) is 17.4. The monoisotopic (exact) mass is 329 g/mol. The summed E-state index contributed by atoms with van der Waals surface area (Å²) in [5.74, 6) is 0.769. The van der Waals surface area contributed by atoms with E-state index in [0.29, 0.717) is 6.54 Å². The third-order valence-electron chi connectivity index (χ3n) is 3.71. The molecule has 3 nitrogen and oxygen atoms in total. The minimum Gasteiger partial charge on any atom is -0.483 e. The zero-order valence-electron chi connectivity index (χ0n) is 13.9. The van der Waals surface area contributed by atoms with Crippen LogP contribution in [0, 0.1) is 0 Å². The highest BCUT2D eigenvalue weighted by molar-refractivity contribution is 7.98. The number of likely N-dealkylation sites (N-methyl/N-ethyl adjacent to an activating group) is 1. The highest BCUT2D eigenvalue weighted by Crippen LogP contribution is 2.18. The van der Waals surface area contributed by atoms with Gasteiger partial charge in [0.25, 0.3) is 5.91 Å². The van der Waals surface area contributed by atoms with Gasteiger partial charge in [-0.2, -0.15) is 0 Å². The molecule has 0 bridgehead atoms. The number of ether oxygens (including phenoxy) is 1. The maximum atomic E-state index is 12.2. The van der Waals surface area contributed by atoms with Crippen LogP contribution in [-0.4, -0.2) is 30.7 Å². The number of rotatable bonds is 7. The van der Waals surface area contributed by atoms with Gasteiger partial charge in [0.2, 0.25) is 0 Å². The van der Waals surface area contributed by atoms with Crippen molar-refractivity contribution in [2.24, 2.45) is 0 Å². The lowest BCUT2D eigenvalue weighted by molar-refractivity contribution is -0.132. The largest absolute Gasteiger partial charge is 0.483 e. The first-order valence-electron chi connectivity index (χ1n) is 7.71. The number of hydrogen-bond acceptors (Lipinski definition) is 3. The van der Waals surface area contributed by atoms with E-state index < -0.39 is 0 Å². The summed E-state index contributed by atoms with van der Waals surface area (Å²) in [7, 11) is 1.81. The summed E-state index contributed by atoms with van der Waals surface area (Å²) in [4.78, 5) is 15.2. The Morgan fingerprint density at radius 3 is 2.48 bits per heavy atom. The van der Waals surface area contributed by atoms with E-state index in [2.05, 4.69) is 37.4 Å². The average Bonchev–Trinajstić information content (AvgIpc) is 2.60. The molecule has 0 unspecified atom stereocenters. The minimum atomic E-state index is -0.0233. The van der Waals surface area contributed by atoms with Crippen molar-refractivity contribution in [3.05, 3.63) is 59.7 Å². The molecule has 1 amide bonds. The van der Waals surface area contributed by atoms with Crippen LogP contribution in [0.2, 0.25) is 0 Å². The number of amides is 1. The van der Waals surface area contributed by atoms with Crippen molar-refractivity contribution in [3.63, 3.8) is 0 Å². The summed E-state index contributed by atoms with van der Waals surface area (Å²) in [6.45, 7) is 2.73. The van der Waals surface area contributed by atoms with E-state index >= 15 is 0 Å². The van der Waals surface area contributed by atoms with E-state index in [-0.39, 0.29) is 12.5 Å². The molecule has 0 spiro atoms. The molecule has 2 aromatic rings. The second kappa shape index (κ2) is 8.63. The number of carbonyl (C=O) groups excluding carboxylic acids is 1. The Kier molecular flexibility index (Phi) is 6.53. The number of aryl methyl sites for hydroxylation is 1. The van der Waals surface area contributed by atoms with E-state index in [4.69, 9.17) is 4.74 Å². The van der Waals surface area contributed by atoms with Crippen molar-refractivity contribution in [1.29, 1.82) is 0 Å². The Bertz CT molecular complexity index is 640. The van der Waals surface area contributed by atoms with Crippen LogP contribution in [0.25, 0.3) is 0 Å². The Labute approximate surface area is 142 Å². The molecule has 0 atom stereocenters. The van der Waals surface area contributed by atoms with Crippen LogP contribution in [0.5, 0.6) is 5.75 Å². The molecule has 0 saturated carbocycles. The Morgan fingerprint density at radius 1 is 1.13 bits per heavy atom. The van der Waals surface area contributed by atoms with Gasteiger partial charge in [0.1, 0.15) is 5.75 Å². The molecule has 0 aliphatic rings. The molecule has 2 rings (SSSR count). The van der Waals surface area contributed by atoms with E-state index in [1.165, 1.54) is 4.90 Å². The van der Waals surface area contributed by atoms with Gasteiger partial charge < -0.3 is 9.64 Å². The predicted octanol–water partition coefficient (Wildman–Crippen LogP) is 4.01. The molecule has 0 heterocycles. The fourth-order valence-corrected chi connectivity index (χ4v) is 2.69. The van der Waals surface area contributed by atoms with Crippen molar-refractivity contribution in [3.8, 4) is 5.75 Å². The molecule has 0 radical (unpaired) electrons. The highest BCUT2D eigenvalue weighted by atomic mass is 32.2. The lowest BCUT2D eigenvalue weighted by Crippen LogP contribution is -2.31. The van der Waals surface area contributed by atoms with Gasteiger partial charge in [0, 0.05) is 18.5 Å². The maximum Gasteiger partial charge on any atom is 0.260 e. The third-order valence-corrected chi connectivity index (χ3v) is 4.45. The van der Waals surface area contributed by atoms with E-state index in [9.17, 15) is 4.79 Å². The summed E-state index contributed by atoms with van der Waals surface area (Å²) in [5.41, 5.74) is 2.24. The molecule has 0 aromatic heterocycles. The Hall–Kier alpha value is -1.94. The first-order valence-corrected chi connectivity index (χ1v) is 8.94. The molecular formula is C19H23NO2S. The standard InChI is InChI=1S/C19H23NO2S/c1-4-16-7-5-6-8-18(16)22-14-19(21)20(2)13-15-9-11-17(23-3)12-10-15/h5-12H,4,13-14H2,1-3H3. The summed E-state index contributed by atoms with van der Waals surface area (Å²) in [6, 6.07) is 16.1. The summed E-state index contributed by atoms with van der Waals surface area (Å²) < 4.78 is 5.69. The Balaban J connectivity index is 1.89. The van der Waals surface area contributed by atoms with Gasteiger partial charge in [-0.05, 0) is 42.0 Å². The summed E-state index contributed by atoms with van der Waals surface area (Å²) in [6.07, 6.45) is 2.94. The zero-order valence-corrected chi connectivity index (χ0v) is 14.7. The topological polar surface area (TPSA) is 29.5 Å². The summed E-state index contributed by atoms with van der Waals surface area (Å²) >= 11 is 1.71. The number of nitrogens with zero attached hydrogens (tertiary/aromatic N) is 1. The normalized spacial score (nSPS) is 10.4. The molecule has 0 aliphatic carbocycles. The van der Waals surface area contributed by atoms with E-state index in [1.54, 1.807) is 23.7 Å². The maximum absolute atomic E-state index is 12.2. The van der Waals surface area contributed by atoms with Crippen molar-refractivity contribution >= 4 is 17.7 Å². The van der Waals surface area contributed by atoms with Crippen molar-refractivity contribution in [2.75, 3.05) is 19.9 Å². The molecule has 122 valence electrons. The average molecular weight is 329 g/mol. The van der Waals surface area contributed by atoms with Gasteiger partial charge in [-0.3, -0.25) is 4.79 Å². The lowest BCUT2D eigenvalue weighted by atomic mass is 10.1. The number of thioether (sulfide) groups is 1. The van der Waals surface area contributed by atoms with Gasteiger partial charge in [-0.1, -0.05) is 37.3 Å². The van der Waals surface area contributed by atoms with Gasteiger partial charge in [0.15, 0.2) is 6.61 Å². The predicted molar refractivity (Wildman–Crippen MR) is 96.0 cm³/mol. The minimum absolute atomic E-state index is 0.0233. The molecule has 2 aromatic carbocycles. The zero-order chi connectivity index (χ0) is 16.7. The SMILES string of the molecule is CCc1ccccc1OCC(=O)N(C)Cc1ccc(SC)cc1. The second-order valence-electron chi connectivity index (χ2n) is 5.35. The van der Waals surface area contributed by atoms with E-state index in [1.807, 2.05) is 24.3 Å². The molecular weight excluding hydrogens is 306 g/mol. The smallest absolute Gasteiger partial charge is 0.260 e. The molecule has 23 heavy (non-hydrogen) atoms. The molecule has 0 fully saturated rings. The van der Waals surface area contributed by atoms with Crippen LogP contribution in [0.4, 0.5) is 0 Å². The van der Waals surface area contributed by atoms with Crippen LogP contribution < -0.4 is 4.74 Å². The highest BCUT2D eigenvalue weighted by Gasteiger charge is 2.11. The van der Waals surface area contributed by atoms with Crippen molar-refractivity contribution < 1.29 is 9.53 Å². The van der Waals surface area contributed by atoms with Gasteiger partial charge in [0.05, 0.1) is 0 Å². The third kappa shape index (κ3) is 5.03. The quantitative estimate of drug-likeness (QED) is 0.719. The molecule has 0 N–H and O–H groups in total. The van der Waals surface area contributed by atoms with Crippen LogP contribution in [0.15, 0.2) is 53.4 Å². The van der Waals surface area contributed by atoms with Crippen LogP contribution in [-0.2, 0) is 17.8 Å².